The molecule has 0 aliphatic rings. The van der Waals surface area contributed by atoms with Gasteiger partial charge in [-0.15, -0.1) is 5.06 Å². The number of unbranched alkanes of at least 4 members (excludes halogenated alkanes) is 2. The Balaban J connectivity index is 3.82. The minimum absolute atomic E-state index is 0.0929. The van der Waals surface area contributed by atoms with Gasteiger partial charge < -0.3 is 4.84 Å². The van der Waals surface area contributed by atoms with Crippen LogP contribution in [0.15, 0.2) is 0 Å². The van der Waals surface area contributed by atoms with Crippen LogP contribution in [0, 0.1) is 0 Å². The average molecular weight is 215 g/mol. The van der Waals surface area contributed by atoms with Crippen molar-refractivity contribution in [2.75, 3.05) is 13.1 Å². The molecule has 90 valence electrons. The first-order chi connectivity index (χ1) is 7.24. The molecule has 3 heteroatoms. The molecule has 0 bridgehead atoms. The van der Waals surface area contributed by atoms with Crippen LogP contribution in [0.1, 0.15) is 59.3 Å². The topological polar surface area (TPSA) is 29.5 Å². The lowest BCUT2D eigenvalue weighted by Gasteiger charge is -2.20. The Labute approximate surface area is 93.7 Å². The van der Waals surface area contributed by atoms with E-state index >= 15 is 0 Å². The lowest BCUT2D eigenvalue weighted by Crippen LogP contribution is -2.29. The number of hydroxylamine groups is 2. The van der Waals surface area contributed by atoms with E-state index in [1.165, 1.54) is 0 Å². The van der Waals surface area contributed by atoms with Crippen LogP contribution in [0.25, 0.3) is 0 Å². The van der Waals surface area contributed by atoms with Gasteiger partial charge in [0, 0.05) is 19.5 Å². The maximum absolute atomic E-state index is 11.3. The van der Waals surface area contributed by atoms with E-state index in [4.69, 9.17) is 4.84 Å². The van der Waals surface area contributed by atoms with E-state index in [0.717, 1.165) is 45.2 Å². The first-order valence-corrected chi connectivity index (χ1v) is 6.20. The quantitative estimate of drug-likeness (QED) is 0.553. The summed E-state index contributed by atoms with van der Waals surface area (Å²) >= 11 is 0. The van der Waals surface area contributed by atoms with Gasteiger partial charge in [-0.25, -0.2) is 0 Å². The van der Waals surface area contributed by atoms with Crippen molar-refractivity contribution in [3.8, 4) is 0 Å². The molecule has 0 amide bonds. The molecule has 15 heavy (non-hydrogen) atoms. The Morgan fingerprint density at radius 1 is 1.00 bits per heavy atom. The molecule has 0 radical (unpaired) electrons. The first-order valence-electron chi connectivity index (χ1n) is 6.20. The van der Waals surface area contributed by atoms with Crippen LogP contribution in [0.3, 0.4) is 0 Å². The largest absolute Gasteiger partial charge is 0.368 e. The van der Waals surface area contributed by atoms with E-state index in [1.807, 2.05) is 12.0 Å². The summed E-state index contributed by atoms with van der Waals surface area (Å²) in [6.07, 6.45) is 5.82. The molecule has 0 rings (SSSR count). The summed E-state index contributed by atoms with van der Waals surface area (Å²) in [5.74, 6) is -0.0929. The van der Waals surface area contributed by atoms with E-state index in [2.05, 4.69) is 13.8 Å². The molecule has 0 fully saturated rings. The molecule has 0 saturated heterocycles. The molecule has 0 unspecified atom stereocenters. The van der Waals surface area contributed by atoms with Crippen molar-refractivity contribution in [3.05, 3.63) is 0 Å². The second kappa shape index (κ2) is 9.97. The maximum Gasteiger partial charge on any atom is 0.325 e. The summed E-state index contributed by atoms with van der Waals surface area (Å²) in [5.41, 5.74) is 0. The second-order valence-corrected chi connectivity index (χ2v) is 3.85. The highest BCUT2D eigenvalue weighted by molar-refractivity contribution is 5.68. The fraction of sp³-hybridized carbons (Fsp3) is 0.917. The van der Waals surface area contributed by atoms with Crippen LogP contribution in [0.5, 0.6) is 0 Å². The highest BCUT2D eigenvalue weighted by atomic mass is 16.7. The molecule has 0 saturated carbocycles. The van der Waals surface area contributed by atoms with Crippen LogP contribution in [0.2, 0.25) is 0 Å². The van der Waals surface area contributed by atoms with E-state index in [9.17, 15) is 4.79 Å². The standard InChI is InChI=1S/C12H25NO2/c1-4-7-10-13(11-8-5-2)15-12(14)9-6-3/h4-11H2,1-3H3. The number of nitrogens with zero attached hydrogens (tertiary/aromatic N) is 1. The zero-order valence-corrected chi connectivity index (χ0v) is 10.4. The lowest BCUT2D eigenvalue weighted by molar-refractivity contribution is -0.191. The number of rotatable bonds is 9. The first kappa shape index (κ1) is 14.4. The van der Waals surface area contributed by atoms with Crippen molar-refractivity contribution >= 4 is 5.97 Å². The summed E-state index contributed by atoms with van der Waals surface area (Å²) in [7, 11) is 0. The SMILES string of the molecule is CCCCN(CCCC)OC(=O)CCC. The van der Waals surface area contributed by atoms with Gasteiger partial charge in [0.05, 0.1) is 0 Å². The normalized spacial score (nSPS) is 10.7. The fourth-order valence-corrected chi connectivity index (χ4v) is 1.27. The molecule has 0 aliphatic heterocycles. The third-order valence-corrected chi connectivity index (χ3v) is 2.21. The van der Waals surface area contributed by atoms with Crippen LogP contribution < -0.4 is 0 Å². The average Bonchev–Trinajstić information content (AvgIpc) is 2.22. The molecule has 0 aliphatic carbocycles. The number of hydrogen-bond acceptors (Lipinski definition) is 3. The van der Waals surface area contributed by atoms with Gasteiger partial charge in [0.15, 0.2) is 0 Å². The Morgan fingerprint density at radius 3 is 1.93 bits per heavy atom. The van der Waals surface area contributed by atoms with E-state index in [-0.39, 0.29) is 5.97 Å². The number of carbonyl (C=O) groups excluding carboxylic acids is 1. The van der Waals surface area contributed by atoms with Crippen LogP contribution in [0.4, 0.5) is 0 Å². The Bertz CT molecular complexity index is 152. The van der Waals surface area contributed by atoms with Crippen molar-refractivity contribution in [3.63, 3.8) is 0 Å². The Hall–Kier alpha value is -0.570. The van der Waals surface area contributed by atoms with Crippen LogP contribution >= 0.6 is 0 Å². The Kier molecular flexibility index (Phi) is 9.59. The summed E-state index contributed by atoms with van der Waals surface area (Å²) in [4.78, 5) is 16.6. The van der Waals surface area contributed by atoms with Crippen molar-refractivity contribution in [1.82, 2.24) is 5.06 Å². The molecule has 0 atom stereocenters. The molecule has 0 aromatic carbocycles. The zero-order valence-electron chi connectivity index (χ0n) is 10.4. The third-order valence-electron chi connectivity index (χ3n) is 2.21. The van der Waals surface area contributed by atoms with Crippen molar-refractivity contribution < 1.29 is 9.63 Å². The van der Waals surface area contributed by atoms with Crippen molar-refractivity contribution in [2.45, 2.75) is 59.3 Å². The van der Waals surface area contributed by atoms with Crippen LogP contribution in [-0.4, -0.2) is 24.1 Å². The van der Waals surface area contributed by atoms with Gasteiger partial charge in [-0.1, -0.05) is 33.6 Å². The second-order valence-electron chi connectivity index (χ2n) is 3.85. The smallest absolute Gasteiger partial charge is 0.325 e. The van der Waals surface area contributed by atoms with E-state index in [1.54, 1.807) is 0 Å². The fourth-order valence-electron chi connectivity index (χ4n) is 1.27. The van der Waals surface area contributed by atoms with E-state index in [0.29, 0.717) is 6.42 Å². The number of carbonyl (C=O) groups is 1. The lowest BCUT2D eigenvalue weighted by atomic mass is 10.3. The predicted molar refractivity (Wildman–Crippen MR) is 62.4 cm³/mol. The predicted octanol–water partition coefficient (Wildman–Crippen LogP) is 3.15. The number of hydrogen-bond donors (Lipinski definition) is 0. The minimum Gasteiger partial charge on any atom is -0.368 e. The van der Waals surface area contributed by atoms with Gasteiger partial charge in [0.1, 0.15) is 0 Å². The molecule has 0 spiro atoms. The Morgan fingerprint density at radius 2 is 1.53 bits per heavy atom. The molecule has 0 aromatic heterocycles. The van der Waals surface area contributed by atoms with Gasteiger partial charge in [0.25, 0.3) is 0 Å². The van der Waals surface area contributed by atoms with Gasteiger partial charge in [-0.2, -0.15) is 0 Å². The molecule has 0 heterocycles. The molecule has 0 N–H and O–H groups in total. The van der Waals surface area contributed by atoms with Crippen molar-refractivity contribution in [2.24, 2.45) is 0 Å². The highest BCUT2D eigenvalue weighted by Crippen LogP contribution is 2.02. The summed E-state index contributed by atoms with van der Waals surface area (Å²) in [6, 6.07) is 0. The van der Waals surface area contributed by atoms with Crippen LogP contribution in [-0.2, 0) is 9.63 Å². The van der Waals surface area contributed by atoms with Crippen molar-refractivity contribution in [1.29, 1.82) is 0 Å². The molecule has 0 aromatic rings. The van der Waals surface area contributed by atoms with Gasteiger partial charge >= 0.3 is 5.97 Å². The minimum atomic E-state index is -0.0929. The van der Waals surface area contributed by atoms with Gasteiger partial charge in [-0.3, -0.25) is 4.79 Å². The molecule has 3 nitrogen and oxygen atoms in total. The van der Waals surface area contributed by atoms with Gasteiger partial charge in [0.2, 0.25) is 0 Å². The molecular formula is C12H25NO2. The van der Waals surface area contributed by atoms with Gasteiger partial charge in [-0.05, 0) is 19.3 Å². The maximum atomic E-state index is 11.3. The van der Waals surface area contributed by atoms with E-state index < -0.39 is 0 Å². The highest BCUT2D eigenvalue weighted by Gasteiger charge is 2.09. The third kappa shape index (κ3) is 8.43. The molecular weight excluding hydrogens is 190 g/mol. The summed E-state index contributed by atoms with van der Waals surface area (Å²) in [5, 5.41) is 1.82. The summed E-state index contributed by atoms with van der Waals surface area (Å²) in [6.45, 7) is 8.01. The monoisotopic (exact) mass is 215 g/mol. The summed E-state index contributed by atoms with van der Waals surface area (Å²) < 4.78 is 0. The zero-order chi connectivity index (χ0) is 11.5.